The summed E-state index contributed by atoms with van der Waals surface area (Å²) in [5.41, 5.74) is 7.81. The first kappa shape index (κ1) is 13.2. The van der Waals surface area contributed by atoms with Crippen molar-refractivity contribution in [3.05, 3.63) is 69.2 Å². The molecule has 2 aromatic carbocycles. The van der Waals surface area contributed by atoms with Crippen LogP contribution in [0.4, 0.5) is 8.78 Å². The molecular formula is C14H12BrF2N. The van der Waals surface area contributed by atoms with Gasteiger partial charge in [0, 0.05) is 5.56 Å². The van der Waals surface area contributed by atoms with E-state index < -0.39 is 11.9 Å². The SMILES string of the molecule is Cc1ccc(F)c(C(N)c2ccc(Br)c(F)c2)c1. The van der Waals surface area contributed by atoms with Crippen LogP contribution in [0, 0.1) is 18.6 Å². The first-order valence-electron chi connectivity index (χ1n) is 5.45. The standard InChI is InChI=1S/C14H12BrF2N/c1-8-2-5-12(16)10(6-8)14(18)9-3-4-11(15)13(17)7-9/h2-7,14H,18H2,1H3. The Morgan fingerprint density at radius 2 is 1.78 bits per heavy atom. The Morgan fingerprint density at radius 1 is 1.06 bits per heavy atom. The minimum atomic E-state index is -0.674. The van der Waals surface area contributed by atoms with E-state index in [1.807, 2.05) is 6.92 Å². The van der Waals surface area contributed by atoms with Crippen LogP contribution in [0.5, 0.6) is 0 Å². The van der Waals surface area contributed by atoms with Crippen LogP contribution >= 0.6 is 15.9 Å². The smallest absolute Gasteiger partial charge is 0.137 e. The zero-order valence-corrected chi connectivity index (χ0v) is 11.3. The molecule has 1 unspecified atom stereocenters. The van der Waals surface area contributed by atoms with Crippen LogP contribution in [0.15, 0.2) is 40.9 Å². The van der Waals surface area contributed by atoms with Gasteiger partial charge >= 0.3 is 0 Å². The maximum atomic E-state index is 13.7. The second-order valence-electron chi connectivity index (χ2n) is 4.18. The molecule has 1 nitrogen and oxygen atoms in total. The van der Waals surface area contributed by atoms with Crippen molar-refractivity contribution < 1.29 is 8.78 Å². The van der Waals surface area contributed by atoms with Crippen molar-refractivity contribution in [3.8, 4) is 0 Å². The van der Waals surface area contributed by atoms with Crippen LogP contribution in [0.1, 0.15) is 22.7 Å². The molecule has 0 aliphatic heterocycles. The number of hydrogen-bond donors (Lipinski definition) is 1. The van der Waals surface area contributed by atoms with Gasteiger partial charge in [0.05, 0.1) is 10.5 Å². The Kier molecular flexibility index (Phi) is 3.78. The minimum absolute atomic E-state index is 0.364. The van der Waals surface area contributed by atoms with Gasteiger partial charge in [-0.15, -0.1) is 0 Å². The average Bonchev–Trinajstić information content (AvgIpc) is 2.35. The van der Waals surface area contributed by atoms with Crippen LogP contribution in [0.3, 0.4) is 0 Å². The monoisotopic (exact) mass is 311 g/mol. The second-order valence-corrected chi connectivity index (χ2v) is 5.03. The highest BCUT2D eigenvalue weighted by molar-refractivity contribution is 9.10. The predicted octanol–water partition coefficient (Wildman–Crippen LogP) is 4.08. The Bertz CT molecular complexity index is 584. The molecule has 0 bridgehead atoms. The second kappa shape index (κ2) is 5.16. The molecule has 18 heavy (non-hydrogen) atoms. The maximum Gasteiger partial charge on any atom is 0.137 e. The lowest BCUT2D eigenvalue weighted by Gasteiger charge is -2.14. The van der Waals surface area contributed by atoms with Gasteiger partial charge in [0.1, 0.15) is 11.6 Å². The zero-order chi connectivity index (χ0) is 13.3. The van der Waals surface area contributed by atoms with Crippen molar-refractivity contribution in [3.63, 3.8) is 0 Å². The number of rotatable bonds is 2. The molecule has 0 aliphatic rings. The van der Waals surface area contributed by atoms with Crippen molar-refractivity contribution in [2.24, 2.45) is 5.73 Å². The Hall–Kier alpha value is -1.26. The predicted molar refractivity (Wildman–Crippen MR) is 71.3 cm³/mol. The van der Waals surface area contributed by atoms with Crippen LogP contribution < -0.4 is 5.73 Å². The fourth-order valence-corrected chi connectivity index (χ4v) is 2.03. The van der Waals surface area contributed by atoms with E-state index in [0.29, 0.717) is 15.6 Å². The summed E-state index contributed by atoms with van der Waals surface area (Å²) in [7, 11) is 0. The molecule has 0 heterocycles. The fourth-order valence-electron chi connectivity index (χ4n) is 1.79. The molecule has 0 spiro atoms. The number of nitrogens with two attached hydrogens (primary N) is 1. The van der Waals surface area contributed by atoms with Gasteiger partial charge < -0.3 is 5.73 Å². The highest BCUT2D eigenvalue weighted by Gasteiger charge is 2.15. The van der Waals surface area contributed by atoms with Crippen LogP contribution in [0.25, 0.3) is 0 Å². The molecule has 0 radical (unpaired) electrons. The van der Waals surface area contributed by atoms with E-state index in [4.69, 9.17) is 5.73 Å². The molecule has 0 fully saturated rings. The van der Waals surface area contributed by atoms with Crippen molar-refractivity contribution in [1.82, 2.24) is 0 Å². The number of benzene rings is 2. The van der Waals surface area contributed by atoms with E-state index in [9.17, 15) is 8.78 Å². The van der Waals surface area contributed by atoms with E-state index in [-0.39, 0.29) is 5.82 Å². The van der Waals surface area contributed by atoms with E-state index in [2.05, 4.69) is 15.9 Å². The molecular weight excluding hydrogens is 300 g/mol. The maximum absolute atomic E-state index is 13.7. The van der Waals surface area contributed by atoms with E-state index in [1.54, 1.807) is 24.3 Å². The molecule has 2 N–H and O–H groups in total. The first-order valence-corrected chi connectivity index (χ1v) is 6.25. The first-order chi connectivity index (χ1) is 8.49. The molecule has 1 atom stereocenters. The molecule has 4 heteroatoms. The summed E-state index contributed by atoms with van der Waals surface area (Å²) < 4.78 is 27.5. The van der Waals surface area contributed by atoms with Crippen molar-refractivity contribution in [2.45, 2.75) is 13.0 Å². The number of halogens is 3. The van der Waals surface area contributed by atoms with Gasteiger partial charge in [-0.05, 0) is 46.6 Å². The molecule has 0 amide bonds. The van der Waals surface area contributed by atoms with Gasteiger partial charge in [0.25, 0.3) is 0 Å². The third-order valence-electron chi connectivity index (χ3n) is 2.79. The van der Waals surface area contributed by atoms with Crippen molar-refractivity contribution in [1.29, 1.82) is 0 Å². The lowest BCUT2D eigenvalue weighted by molar-refractivity contribution is 0.594. The van der Waals surface area contributed by atoms with Gasteiger partial charge in [-0.25, -0.2) is 8.78 Å². The summed E-state index contributed by atoms with van der Waals surface area (Å²) in [6, 6.07) is 8.62. The molecule has 2 rings (SSSR count). The molecule has 0 saturated heterocycles. The van der Waals surface area contributed by atoms with Gasteiger partial charge in [0.2, 0.25) is 0 Å². The summed E-state index contributed by atoms with van der Waals surface area (Å²) in [4.78, 5) is 0. The normalized spacial score (nSPS) is 12.5. The van der Waals surface area contributed by atoms with Crippen LogP contribution in [-0.2, 0) is 0 Å². The third kappa shape index (κ3) is 2.60. The van der Waals surface area contributed by atoms with Crippen molar-refractivity contribution in [2.75, 3.05) is 0 Å². The average molecular weight is 312 g/mol. The molecule has 94 valence electrons. The lowest BCUT2D eigenvalue weighted by Crippen LogP contribution is -2.14. The Balaban J connectivity index is 2.44. The molecule has 0 aromatic heterocycles. The van der Waals surface area contributed by atoms with Gasteiger partial charge in [-0.2, -0.15) is 0 Å². The third-order valence-corrected chi connectivity index (χ3v) is 3.43. The molecule has 0 aliphatic carbocycles. The number of hydrogen-bond acceptors (Lipinski definition) is 1. The highest BCUT2D eigenvalue weighted by atomic mass is 79.9. The van der Waals surface area contributed by atoms with E-state index >= 15 is 0 Å². The van der Waals surface area contributed by atoms with Crippen LogP contribution in [0.2, 0.25) is 0 Å². The van der Waals surface area contributed by atoms with Gasteiger partial charge in [-0.1, -0.05) is 23.8 Å². The summed E-state index contributed by atoms with van der Waals surface area (Å²) in [6.07, 6.45) is 0. The summed E-state index contributed by atoms with van der Waals surface area (Å²) in [5, 5.41) is 0. The Morgan fingerprint density at radius 3 is 2.44 bits per heavy atom. The number of aryl methyl sites for hydroxylation is 1. The largest absolute Gasteiger partial charge is 0.320 e. The quantitative estimate of drug-likeness (QED) is 0.888. The molecule has 2 aromatic rings. The lowest BCUT2D eigenvalue weighted by atomic mass is 9.97. The summed E-state index contributed by atoms with van der Waals surface area (Å²) in [5.74, 6) is -0.785. The topological polar surface area (TPSA) is 26.0 Å². The van der Waals surface area contributed by atoms with E-state index in [1.165, 1.54) is 12.1 Å². The van der Waals surface area contributed by atoms with Crippen molar-refractivity contribution >= 4 is 15.9 Å². The van der Waals surface area contributed by atoms with E-state index in [0.717, 1.165) is 5.56 Å². The summed E-state index contributed by atoms with van der Waals surface area (Å²) >= 11 is 3.07. The molecule has 0 saturated carbocycles. The summed E-state index contributed by atoms with van der Waals surface area (Å²) in [6.45, 7) is 1.86. The highest BCUT2D eigenvalue weighted by Crippen LogP contribution is 2.26. The Labute approximate surface area is 113 Å². The minimum Gasteiger partial charge on any atom is -0.320 e. The van der Waals surface area contributed by atoms with Crippen LogP contribution in [-0.4, -0.2) is 0 Å². The van der Waals surface area contributed by atoms with Gasteiger partial charge in [0.15, 0.2) is 0 Å². The zero-order valence-electron chi connectivity index (χ0n) is 9.75. The fraction of sp³-hybridized carbons (Fsp3) is 0.143. The van der Waals surface area contributed by atoms with Gasteiger partial charge in [-0.3, -0.25) is 0 Å².